The summed E-state index contributed by atoms with van der Waals surface area (Å²) < 4.78 is 6.34. The summed E-state index contributed by atoms with van der Waals surface area (Å²) >= 11 is 1.55. The van der Waals surface area contributed by atoms with E-state index < -0.39 is 0 Å². The molecule has 10 heteroatoms. The summed E-state index contributed by atoms with van der Waals surface area (Å²) in [6.45, 7) is 2.24. The van der Waals surface area contributed by atoms with Gasteiger partial charge in [-0.15, -0.1) is 10.2 Å². The van der Waals surface area contributed by atoms with Crippen molar-refractivity contribution in [2.24, 2.45) is 14.1 Å². The first-order chi connectivity index (χ1) is 14.0. The number of fused-ring (bicyclic) bond motifs is 1. The van der Waals surface area contributed by atoms with Gasteiger partial charge in [0.2, 0.25) is 0 Å². The summed E-state index contributed by atoms with van der Waals surface area (Å²) in [6, 6.07) is 9.92. The summed E-state index contributed by atoms with van der Waals surface area (Å²) in [4.78, 5) is 29.5. The molecular weight excluding hydrogens is 390 g/mol. The molecule has 0 atom stereocenters. The average molecular weight is 411 g/mol. The van der Waals surface area contributed by atoms with Crippen LogP contribution >= 0.6 is 11.8 Å². The molecular formula is C19H21N7O2S. The zero-order valence-electron chi connectivity index (χ0n) is 16.4. The first-order valence-corrected chi connectivity index (χ1v) is 10.2. The van der Waals surface area contributed by atoms with Crippen molar-refractivity contribution < 1.29 is 0 Å². The van der Waals surface area contributed by atoms with E-state index in [1.165, 1.54) is 9.13 Å². The molecule has 0 aliphatic rings. The highest BCUT2D eigenvalue weighted by atomic mass is 32.2. The summed E-state index contributed by atoms with van der Waals surface area (Å²) in [5.41, 5.74) is 1.17. The second-order valence-corrected chi connectivity index (χ2v) is 7.79. The molecule has 150 valence electrons. The van der Waals surface area contributed by atoms with Gasteiger partial charge in [-0.2, -0.15) is 0 Å². The lowest BCUT2D eigenvalue weighted by Gasteiger charge is -2.09. The van der Waals surface area contributed by atoms with Crippen LogP contribution in [0.3, 0.4) is 0 Å². The molecule has 0 radical (unpaired) electrons. The van der Waals surface area contributed by atoms with Crippen molar-refractivity contribution in [1.29, 1.82) is 0 Å². The van der Waals surface area contributed by atoms with Gasteiger partial charge in [-0.25, -0.2) is 9.78 Å². The first kappa shape index (κ1) is 19.2. The van der Waals surface area contributed by atoms with E-state index >= 15 is 0 Å². The van der Waals surface area contributed by atoms with Gasteiger partial charge in [0.05, 0.1) is 6.33 Å². The van der Waals surface area contributed by atoms with Crippen molar-refractivity contribution in [2.45, 2.75) is 25.0 Å². The van der Waals surface area contributed by atoms with Gasteiger partial charge in [0.1, 0.15) is 5.82 Å². The number of benzene rings is 1. The van der Waals surface area contributed by atoms with Gasteiger partial charge in [-0.05, 0) is 25.5 Å². The molecule has 0 bridgehead atoms. The van der Waals surface area contributed by atoms with Crippen molar-refractivity contribution in [3.05, 3.63) is 63.3 Å². The number of hydrogen-bond acceptors (Lipinski definition) is 6. The van der Waals surface area contributed by atoms with Crippen LogP contribution in [-0.4, -0.2) is 39.2 Å². The SMILES string of the molecule is Cc1nnc(SCCCn2c(=O)c3c(ncn3C)n(C)c2=O)n1-c1ccccc1. The number of para-hydroxylation sites is 1. The van der Waals surface area contributed by atoms with Crippen LogP contribution in [0.4, 0.5) is 0 Å². The molecule has 0 aliphatic carbocycles. The maximum atomic E-state index is 12.7. The molecule has 9 nitrogen and oxygen atoms in total. The van der Waals surface area contributed by atoms with Gasteiger partial charge in [0, 0.05) is 32.1 Å². The average Bonchev–Trinajstić information content (AvgIpc) is 3.29. The second-order valence-electron chi connectivity index (χ2n) is 6.73. The van der Waals surface area contributed by atoms with Crippen molar-refractivity contribution in [1.82, 2.24) is 33.4 Å². The minimum atomic E-state index is -0.352. The van der Waals surface area contributed by atoms with E-state index in [1.807, 2.05) is 41.8 Å². The minimum absolute atomic E-state index is 0.309. The fraction of sp³-hybridized carbons (Fsp3) is 0.316. The van der Waals surface area contributed by atoms with Crippen LogP contribution in [0, 0.1) is 6.92 Å². The topological polar surface area (TPSA) is 92.5 Å². The number of imidazole rings is 1. The van der Waals surface area contributed by atoms with Gasteiger partial charge in [-0.1, -0.05) is 30.0 Å². The molecule has 4 aromatic rings. The van der Waals surface area contributed by atoms with Crippen LogP contribution < -0.4 is 11.2 Å². The van der Waals surface area contributed by atoms with Crippen molar-refractivity contribution in [3.8, 4) is 5.69 Å². The molecule has 4 rings (SSSR count). The van der Waals surface area contributed by atoms with Gasteiger partial charge in [0.25, 0.3) is 5.56 Å². The van der Waals surface area contributed by atoms with Crippen LogP contribution in [0.1, 0.15) is 12.2 Å². The van der Waals surface area contributed by atoms with E-state index in [1.54, 1.807) is 36.8 Å². The Morgan fingerprint density at radius 1 is 1.07 bits per heavy atom. The Labute approximate surface area is 170 Å². The van der Waals surface area contributed by atoms with Crippen LogP contribution in [0.2, 0.25) is 0 Å². The minimum Gasteiger partial charge on any atom is -0.328 e. The normalized spacial score (nSPS) is 11.4. The third kappa shape index (κ3) is 3.39. The molecule has 0 unspecified atom stereocenters. The van der Waals surface area contributed by atoms with Gasteiger partial charge < -0.3 is 4.57 Å². The number of hydrogen-bond donors (Lipinski definition) is 0. The quantitative estimate of drug-likeness (QED) is 0.353. The molecule has 0 amide bonds. The number of rotatable bonds is 6. The van der Waals surface area contributed by atoms with Gasteiger partial charge in [-0.3, -0.25) is 18.5 Å². The highest BCUT2D eigenvalue weighted by Gasteiger charge is 2.15. The number of aryl methyl sites for hydroxylation is 3. The molecule has 1 aromatic carbocycles. The van der Waals surface area contributed by atoms with E-state index in [2.05, 4.69) is 15.2 Å². The lowest BCUT2D eigenvalue weighted by Crippen LogP contribution is -2.39. The zero-order chi connectivity index (χ0) is 20.5. The molecule has 29 heavy (non-hydrogen) atoms. The highest BCUT2D eigenvalue weighted by Crippen LogP contribution is 2.22. The molecule has 3 heterocycles. The standard InChI is InChI=1S/C19H21N7O2S/c1-13-21-22-18(26(13)14-8-5-4-6-9-14)29-11-7-10-25-17(27)15-16(20-12-23(15)2)24(3)19(25)28/h4-6,8-9,12H,7,10-11H2,1-3H3. The Hall–Kier alpha value is -3.14. The molecule has 0 spiro atoms. The molecule has 3 aromatic heterocycles. The molecule has 0 N–H and O–H groups in total. The predicted molar refractivity (Wildman–Crippen MR) is 112 cm³/mol. The Bertz CT molecular complexity index is 1280. The third-order valence-electron chi connectivity index (χ3n) is 4.77. The lowest BCUT2D eigenvalue weighted by atomic mass is 10.3. The van der Waals surface area contributed by atoms with E-state index in [0.717, 1.165) is 16.7 Å². The second kappa shape index (κ2) is 7.70. The Morgan fingerprint density at radius 2 is 1.83 bits per heavy atom. The van der Waals surface area contributed by atoms with Crippen molar-refractivity contribution in [3.63, 3.8) is 0 Å². The number of thioether (sulfide) groups is 1. The third-order valence-corrected chi connectivity index (χ3v) is 5.78. The molecule has 0 saturated carbocycles. The molecule has 0 saturated heterocycles. The first-order valence-electron chi connectivity index (χ1n) is 9.20. The Balaban J connectivity index is 1.51. The van der Waals surface area contributed by atoms with Gasteiger partial charge in [0.15, 0.2) is 16.3 Å². The maximum absolute atomic E-state index is 12.7. The number of nitrogens with zero attached hydrogens (tertiary/aromatic N) is 7. The van der Waals surface area contributed by atoms with Crippen LogP contribution in [0.5, 0.6) is 0 Å². The summed E-state index contributed by atoms with van der Waals surface area (Å²) in [5, 5.41) is 9.23. The summed E-state index contributed by atoms with van der Waals surface area (Å²) in [6.07, 6.45) is 2.19. The number of aromatic nitrogens is 7. The monoisotopic (exact) mass is 411 g/mol. The predicted octanol–water partition coefficient (Wildman–Crippen LogP) is 1.51. The molecule has 0 fully saturated rings. The lowest BCUT2D eigenvalue weighted by molar-refractivity contribution is 0.594. The Kier molecular flexibility index (Phi) is 5.10. The fourth-order valence-corrected chi connectivity index (χ4v) is 4.21. The Morgan fingerprint density at radius 3 is 2.59 bits per heavy atom. The van der Waals surface area contributed by atoms with E-state index in [9.17, 15) is 9.59 Å². The van der Waals surface area contributed by atoms with Crippen LogP contribution in [-0.2, 0) is 20.6 Å². The maximum Gasteiger partial charge on any atom is 0.332 e. The summed E-state index contributed by atoms with van der Waals surface area (Å²) in [7, 11) is 3.38. The fourth-order valence-electron chi connectivity index (χ4n) is 3.29. The van der Waals surface area contributed by atoms with Gasteiger partial charge >= 0.3 is 5.69 Å². The van der Waals surface area contributed by atoms with Crippen molar-refractivity contribution >= 4 is 22.9 Å². The molecule has 0 aliphatic heterocycles. The summed E-state index contributed by atoms with van der Waals surface area (Å²) in [5.74, 6) is 1.51. The van der Waals surface area contributed by atoms with E-state index in [0.29, 0.717) is 29.9 Å². The van der Waals surface area contributed by atoms with E-state index in [4.69, 9.17) is 0 Å². The van der Waals surface area contributed by atoms with Crippen LogP contribution in [0.25, 0.3) is 16.9 Å². The zero-order valence-corrected chi connectivity index (χ0v) is 17.3. The van der Waals surface area contributed by atoms with Crippen molar-refractivity contribution in [2.75, 3.05) is 5.75 Å². The largest absolute Gasteiger partial charge is 0.332 e. The highest BCUT2D eigenvalue weighted by molar-refractivity contribution is 7.99. The smallest absolute Gasteiger partial charge is 0.328 e. The van der Waals surface area contributed by atoms with E-state index in [-0.39, 0.29) is 11.2 Å². The van der Waals surface area contributed by atoms with Crippen LogP contribution in [0.15, 0.2) is 51.4 Å².